The molecule has 0 saturated heterocycles. The predicted molar refractivity (Wildman–Crippen MR) is 84.0 cm³/mol. The van der Waals surface area contributed by atoms with Crippen molar-refractivity contribution >= 4 is 43.7 Å². The molecule has 0 amide bonds. The Labute approximate surface area is 128 Å². The normalized spacial score (nSPS) is 14.8. The molecule has 0 saturated carbocycles. The van der Waals surface area contributed by atoms with Crippen molar-refractivity contribution in [3.63, 3.8) is 0 Å². The molecule has 0 radical (unpaired) electrons. The van der Waals surface area contributed by atoms with Crippen LogP contribution in [0.2, 0.25) is 0 Å². The van der Waals surface area contributed by atoms with E-state index in [9.17, 15) is 13.2 Å². The number of halogens is 1. The van der Waals surface area contributed by atoms with E-state index in [0.29, 0.717) is 5.39 Å². The van der Waals surface area contributed by atoms with Crippen LogP contribution in [0.4, 0.5) is 4.39 Å². The van der Waals surface area contributed by atoms with E-state index < -0.39 is 17.7 Å². The van der Waals surface area contributed by atoms with Gasteiger partial charge in [-0.3, -0.25) is 4.18 Å². The molecule has 0 heterocycles. The van der Waals surface area contributed by atoms with E-state index >= 15 is 0 Å². The summed E-state index contributed by atoms with van der Waals surface area (Å²) in [4.78, 5) is 0. The molecule has 5 heteroatoms. The van der Waals surface area contributed by atoms with Crippen molar-refractivity contribution < 1.29 is 17.3 Å². The van der Waals surface area contributed by atoms with Crippen LogP contribution < -0.4 is 0 Å². The van der Waals surface area contributed by atoms with E-state index in [1.807, 2.05) is 42.5 Å². The Bertz CT molecular complexity index is 999. The summed E-state index contributed by atoms with van der Waals surface area (Å²) < 4.78 is 39.6. The van der Waals surface area contributed by atoms with E-state index in [4.69, 9.17) is 0 Å². The Morgan fingerprint density at radius 2 is 1.50 bits per heavy atom. The lowest BCUT2D eigenvalue weighted by atomic mass is 9.92. The molecule has 0 fully saturated rings. The summed E-state index contributed by atoms with van der Waals surface area (Å²) >= 11 is -2.90. The van der Waals surface area contributed by atoms with Crippen LogP contribution in [0.5, 0.6) is 0 Å². The fourth-order valence-corrected chi connectivity index (χ4v) is 3.32. The van der Waals surface area contributed by atoms with Gasteiger partial charge in [0, 0.05) is 5.56 Å². The Kier molecular flexibility index (Phi) is 3.07. The first kappa shape index (κ1) is 13.6. The summed E-state index contributed by atoms with van der Waals surface area (Å²) in [6.07, 6.45) is -2.01. The molecule has 4 rings (SSSR count). The van der Waals surface area contributed by atoms with Gasteiger partial charge in [0.2, 0.25) is 6.36 Å². The number of hydrogen-bond acceptors (Lipinski definition) is 3. The standard InChI is InChI=1S/C17H11FO3S/c18-17(21-22(19)20)14-9-7-12-5-4-10-2-1-3-11-6-8-13(14)16(12)15(10)11/h1-9,17H,(H,19,20)/p-1. The Morgan fingerprint density at radius 1 is 0.909 bits per heavy atom. The van der Waals surface area contributed by atoms with Gasteiger partial charge >= 0.3 is 0 Å². The molecule has 22 heavy (non-hydrogen) atoms. The molecule has 3 nitrogen and oxygen atoms in total. The molecule has 0 aliphatic carbocycles. The van der Waals surface area contributed by atoms with Crippen LogP contribution in [0.1, 0.15) is 11.9 Å². The lowest BCUT2D eigenvalue weighted by molar-refractivity contribution is 0.0724. The van der Waals surface area contributed by atoms with Gasteiger partial charge in [0.05, 0.1) is 11.4 Å². The fourth-order valence-electron chi connectivity index (χ4n) is 3.08. The highest BCUT2D eigenvalue weighted by molar-refractivity contribution is 7.74. The quantitative estimate of drug-likeness (QED) is 0.417. The molecule has 2 atom stereocenters. The van der Waals surface area contributed by atoms with Crippen LogP contribution in [-0.2, 0) is 15.5 Å². The molecule has 0 aliphatic rings. The average Bonchev–Trinajstić information content (AvgIpc) is 2.51. The van der Waals surface area contributed by atoms with Crippen molar-refractivity contribution in [1.29, 1.82) is 0 Å². The largest absolute Gasteiger partial charge is 0.750 e. The van der Waals surface area contributed by atoms with Crippen LogP contribution in [0.3, 0.4) is 0 Å². The lowest BCUT2D eigenvalue weighted by Gasteiger charge is -2.16. The Balaban J connectivity index is 2.10. The van der Waals surface area contributed by atoms with Crippen LogP contribution >= 0.6 is 0 Å². The zero-order chi connectivity index (χ0) is 15.3. The molecule has 0 N–H and O–H groups in total. The molecular formula is C17H10FO3S-. The SMILES string of the molecule is O=S([O-])OC(F)c1ccc2ccc3cccc4ccc1c2c34. The maximum Gasteiger partial charge on any atom is 0.239 e. The van der Waals surface area contributed by atoms with Crippen molar-refractivity contribution in [2.45, 2.75) is 6.36 Å². The van der Waals surface area contributed by atoms with Gasteiger partial charge in [-0.05, 0) is 32.3 Å². The van der Waals surface area contributed by atoms with Gasteiger partial charge in [0.15, 0.2) is 0 Å². The minimum absolute atomic E-state index is 0.218. The average molecular weight is 313 g/mol. The molecule has 4 aromatic carbocycles. The minimum Gasteiger partial charge on any atom is -0.750 e. The number of rotatable bonds is 3. The van der Waals surface area contributed by atoms with E-state index in [-0.39, 0.29) is 5.56 Å². The van der Waals surface area contributed by atoms with Gasteiger partial charge in [-0.2, -0.15) is 0 Å². The van der Waals surface area contributed by atoms with Gasteiger partial charge in [-0.15, -0.1) is 0 Å². The molecule has 0 spiro atoms. The molecule has 0 bridgehead atoms. The highest BCUT2D eigenvalue weighted by Crippen LogP contribution is 2.38. The molecular weight excluding hydrogens is 303 g/mol. The summed E-state index contributed by atoms with van der Waals surface area (Å²) in [7, 11) is 0. The maximum atomic E-state index is 14.1. The Morgan fingerprint density at radius 3 is 2.18 bits per heavy atom. The van der Waals surface area contributed by atoms with Crippen molar-refractivity contribution in [2.75, 3.05) is 0 Å². The summed E-state index contributed by atoms with van der Waals surface area (Å²) in [6.45, 7) is 0. The number of alkyl halides is 1. The first-order valence-corrected chi connectivity index (χ1v) is 7.72. The monoisotopic (exact) mass is 313 g/mol. The number of hydrogen-bond donors (Lipinski definition) is 0. The summed E-state index contributed by atoms with van der Waals surface area (Å²) in [5.74, 6) is 0. The second-order valence-corrected chi connectivity index (χ2v) is 5.73. The van der Waals surface area contributed by atoms with Gasteiger partial charge in [-0.25, -0.2) is 8.60 Å². The minimum atomic E-state index is -2.90. The van der Waals surface area contributed by atoms with Crippen molar-refractivity contribution in [3.05, 3.63) is 60.2 Å². The number of benzene rings is 4. The van der Waals surface area contributed by atoms with Gasteiger partial charge in [0.25, 0.3) is 0 Å². The first-order valence-electron chi connectivity index (χ1n) is 6.72. The van der Waals surface area contributed by atoms with Gasteiger partial charge < -0.3 is 4.55 Å². The molecule has 4 aromatic rings. The van der Waals surface area contributed by atoms with Gasteiger partial charge in [-0.1, -0.05) is 54.6 Å². The van der Waals surface area contributed by atoms with E-state index in [2.05, 4.69) is 4.18 Å². The van der Waals surface area contributed by atoms with Crippen LogP contribution in [0.15, 0.2) is 54.6 Å². The van der Waals surface area contributed by atoms with Crippen LogP contribution in [0, 0.1) is 0 Å². The summed E-state index contributed by atoms with van der Waals surface area (Å²) in [5.41, 5.74) is 0.218. The van der Waals surface area contributed by atoms with E-state index in [1.165, 1.54) is 0 Å². The lowest BCUT2D eigenvalue weighted by Crippen LogP contribution is -2.02. The third-order valence-electron chi connectivity index (χ3n) is 3.97. The third-order valence-corrected chi connectivity index (χ3v) is 4.30. The Hall–Kier alpha value is -2.08. The second-order valence-electron chi connectivity index (χ2n) is 5.13. The smallest absolute Gasteiger partial charge is 0.239 e. The molecule has 0 aromatic heterocycles. The van der Waals surface area contributed by atoms with Crippen LogP contribution in [-0.4, -0.2) is 8.76 Å². The topological polar surface area (TPSA) is 49.4 Å². The maximum absolute atomic E-state index is 14.1. The second kappa shape index (κ2) is 4.98. The zero-order valence-corrected chi connectivity index (χ0v) is 12.1. The highest BCUT2D eigenvalue weighted by Gasteiger charge is 2.17. The van der Waals surface area contributed by atoms with Crippen molar-refractivity contribution in [2.24, 2.45) is 0 Å². The van der Waals surface area contributed by atoms with E-state index in [0.717, 1.165) is 26.9 Å². The molecule has 2 unspecified atom stereocenters. The molecule has 0 aliphatic heterocycles. The predicted octanol–water partition coefficient (Wildman–Crippen LogP) is 4.36. The first-order chi connectivity index (χ1) is 10.6. The zero-order valence-electron chi connectivity index (χ0n) is 11.3. The summed E-state index contributed by atoms with van der Waals surface area (Å²) in [5, 5.41) is 5.76. The van der Waals surface area contributed by atoms with E-state index in [1.54, 1.807) is 12.1 Å². The van der Waals surface area contributed by atoms with Crippen LogP contribution in [0.25, 0.3) is 32.3 Å². The van der Waals surface area contributed by atoms with Gasteiger partial charge in [0.1, 0.15) is 0 Å². The molecule has 110 valence electrons. The third kappa shape index (κ3) is 1.98. The fraction of sp³-hybridized carbons (Fsp3) is 0.0588. The summed E-state index contributed by atoms with van der Waals surface area (Å²) in [6, 6.07) is 17.1. The van der Waals surface area contributed by atoms with Crippen molar-refractivity contribution in [1.82, 2.24) is 0 Å². The van der Waals surface area contributed by atoms with Crippen molar-refractivity contribution in [3.8, 4) is 0 Å². The highest BCUT2D eigenvalue weighted by atomic mass is 32.2.